The molecule has 0 bridgehead atoms. The standard InChI is InChI=1S/C22H28N4O4/c1-14(2)30-21(27)25-11-15(3)26(22(28)29-4)19-8-7-17(9-20(19)25)18-10-23-24(13-18)12-16-5-6-16/h7-10,13-16H,5-6,11-12H2,1-4H3. The van der Waals surface area contributed by atoms with E-state index in [1.54, 1.807) is 9.80 Å². The number of ether oxygens (including phenoxy) is 2. The Kier molecular flexibility index (Phi) is 5.40. The minimum atomic E-state index is -0.453. The summed E-state index contributed by atoms with van der Waals surface area (Å²) in [6, 6.07) is 5.45. The molecule has 2 heterocycles. The average molecular weight is 412 g/mol. The maximum atomic E-state index is 12.8. The Morgan fingerprint density at radius 1 is 1.17 bits per heavy atom. The zero-order valence-corrected chi connectivity index (χ0v) is 17.9. The second-order valence-electron chi connectivity index (χ2n) is 8.33. The fourth-order valence-corrected chi connectivity index (χ4v) is 3.80. The molecule has 1 aromatic carbocycles. The van der Waals surface area contributed by atoms with Gasteiger partial charge in [-0.15, -0.1) is 0 Å². The molecule has 1 fully saturated rings. The summed E-state index contributed by atoms with van der Waals surface area (Å²) in [5, 5.41) is 4.47. The zero-order chi connectivity index (χ0) is 21.4. The zero-order valence-electron chi connectivity index (χ0n) is 17.9. The van der Waals surface area contributed by atoms with Crippen molar-refractivity contribution in [3.63, 3.8) is 0 Å². The maximum absolute atomic E-state index is 12.8. The molecule has 160 valence electrons. The highest BCUT2D eigenvalue weighted by atomic mass is 16.6. The lowest BCUT2D eigenvalue weighted by Crippen LogP contribution is -2.52. The molecule has 4 rings (SSSR count). The highest BCUT2D eigenvalue weighted by molar-refractivity contribution is 6.01. The van der Waals surface area contributed by atoms with Crippen LogP contribution in [0, 0.1) is 5.92 Å². The van der Waals surface area contributed by atoms with Crippen molar-refractivity contribution in [3.05, 3.63) is 30.6 Å². The third kappa shape index (κ3) is 3.99. The van der Waals surface area contributed by atoms with Crippen molar-refractivity contribution in [2.24, 2.45) is 5.92 Å². The van der Waals surface area contributed by atoms with Gasteiger partial charge in [-0.25, -0.2) is 9.59 Å². The Labute approximate surface area is 176 Å². The molecule has 2 amide bonds. The van der Waals surface area contributed by atoms with Gasteiger partial charge in [0.15, 0.2) is 0 Å². The van der Waals surface area contributed by atoms with Gasteiger partial charge in [0.25, 0.3) is 0 Å². The molecule has 1 aliphatic heterocycles. The van der Waals surface area contributed by atoms with E-state index in [0.29, 0.717) is 17.9 Å². The first kappa shape index (κ1) is 20.3. The lowest BCUT2D eigenvalue weighted by Gasteiger charge is -2.40. The van der Waals surface area contributed by atoms with Crippen molar-refractivity contribution >= 4 is 23.6 Å². The van der Waals surface area contributed by atoms with Crippen LogP contribution in [0.25, 0.3) is 11.1 Å². The first-order valence-corrected chi connectivity index (χ1v) is 10.4. The van der Waals surface area contributed by atoms with Crippen LogP contribution >= 0.6 is 0 Å². The lowest BCUT2D eigenvalue weighted by molar-refractivity contribution is 0.121. The molecule has 0 saturated heterocycles. The second kappa shape index (κ2) is 8.01. The highest BCUT2D eigenvalue weighted by Gasteiger charge is 2.36. The molecule has 2 aromatic rings. The topological polar surface area (TPSA) is 76.9 Å². The molecule has 8 heteroatoms. The fraction of sp³-hybridized carbons (Fsp3) is 0.500. The molecular weight excluding hydrogens is 384 g/mol. The van der Waals surface area contributed by atoms with E-state index in [-0.39, 0.29) is 12.1 Å². The smallest absolute Gasteiger partial charge is 0.414 e. The van der Waals surface area contributed by atoms with Gasteiger partial charge >= 0.3 is 12.2 Å². The van der Waals surface area contributed by atoms with Gasteiger partial charge in [-0.05, 0) is 57.2 Å². The number of fused-ring (bicyclic) bond motifs is 1. The SMILES string of the molecule is COC(=O)N1c2ccc(-c3cnn(CC4CC4)c3)cc2N(C(=O)OC(C)C)CC1C. The summed E-state index contributed by atoms with van der Waals surface area (Å²) in [6.45, 7) is 6.77. The van der Waals surface area contributed by atoms with Gasteiger partial charge in [0.1, 0.15) is 0 Å². The minimum absolute atomic E-state index is 0.237. The van der Waals surface area contributed by atoms with Crippen LogP contribution in [0.1, 0.15) is 33.6 Å². The molecule has 1 atom stereocenters. The van der Waals surface area contributed by atoms with Crippen molar-refractivity contribution in [2.75, 3.05) is 23.5 Å². The summed E-state index contributed by atoms with van der Waals surface area (Å²) in [5.41, 5.74) is 3.14. The molecule has 0 N–H and O–H groups in total. The molecule has 2 aliphatic rings. The number of hydrogen-bond donors (Lipinski definition) is 0. The summed E-state index contributed by atoms with van der Waals surface area (Å²) in [4.78, 5) is 28.4. The van der Waals surface area contributed by atoms with E-state index in [2.05, 4.69) is 5.10 Å². The van der Waals surface area contributed by atoms with E-state index in [0.717, 1.165) is 23.6 Å². The molecule has 0 spiro atoms. The van der Waals surface area contributed by atoms with Crippen LogP contribution in [-0.4, -0.2) is 47.8 Å². The fourth-order valence-electron chi connectivity index (χ4n) is 3.80. The maximum Gasteiger partial charge on any atom is 0.414 e. The van der Waals surface area contributed by atoms with Crippen LogP contribution in [-0.2, 0) is 16.0 Å². The molecule has 1 aliphatic carbocycles. The second-order valence-corrected chi connectivity index (χ2v) is 8.33. The van der Waals surface area contributed by atoms with Crippen molar-refractivity contribution in [1.29, 1.82) is 0 Å². The molecule has 1 unspecified atom stereocenters. The summed E-state index contributed by atoms with van der Waals surface area (Å²) < 4.78 is 12.4. The third-order valence-corrected chi connectivity index (χ3v) is 5.45. The number of nitrogens with zero attached hydrogens (tertiary/aromatic N) is 4. The number of anilines is 2. The van der Waals surface area contributed by atoms with Crippen molar-refractivity contribution in [3.8, 4) is 11.1 Å². The van der Waals surface area contributed by atoms with Gasteiger partial charge in [-0.3, -0.25) is 14.5 Å². The number of methoxy groups -OCH3 is 1. The molecule has 1 saturated carbocycles. The molecule has 0 radical (unpaired) electrons. The van der Waals surface area contributed by atoms with Crippen molar-refractivity contribution in [2.45, 2.75) is 52.3 Å². The monoisotopic (exact) mass is 412 g/mol. The number of carbonyl (C=O) groups excluding carboxylic acids is 2. The highest BCUT2D eigenvalue weighted by Crippen LogP contribution is 2.39. The van der Waals surface area contributed by atoms with Gasteiger partial charge in [0.05, 0.1) is 43.4 Å². The lowest BCUT2D eigenvalue weighted by atomic mass is 10.0. The van der Waals surface area contributed by atoms with Crippen LogP contribution < -0.4 is 9.80 Å². The number of hydrogen-bond acceptors (Lipinski definition) is 5. The quantitative estimate of drug-likeness (QED) is 0.749. The predicted molar refractivity (Wildman–Crippen MR) is 114 cm³/mol. The summed E-state index contributed by atoms with van der Waals surface area (Å²) >= 11 is 0. The van der Waals surface area contributed by atoms with Crippen LogP contribution in [0.4, 0.5) is 21.0 Å². The van der Waals surface area contributed by atoms with Crippen molar-refractivity contribution < 1.29 is 19.1 Å². The van der Waals surface area contributed by atoms with Crippen molar-refractivity contribution in [1.82, 2.24) is 9.78 Å². The number of benzene rings is 1. The average Bonchev–Trinajstić information content (AvgIpc) is 3.40. The summed E-state index contributed by atoms with van der Waals surface area (Å²) in [7, 11) is 1.36. The van der Waals surface area contributed by atoms with E-state index in [9.17, 15) is 9.59 Å². The number of amides is 2. The first-order chi connectivity index (χ1) is 14.4. The Bertz CT molecular complexity index is 950. The molecular formula is C22H28N4O4. The molecule has 30 heavy (non-hydrogen) atoms. The van der Waals surface area contributed by atoms with Gasteiger partial charge in [-0.1, -0.05) is 6.07 Å². The van der Waals surface area contributed by atoms with Gasteiger partial charge in [0.2, 0.25) is 0 Å². The summed E-state index contributed by atoms with van der Waals surface area (Å²) in [5.74, 6) is 0.734. The van der Waals surface area contributed by atoms with Crippen LogP contribution in [0.3, 0.4) is 0 Å². The Balaban J connectivity index is 1.72. The van der Waals surface area contributed by atoms with E-state index in [4.69, 9.17) is 9.47 Å². The van der Waals surface area contributed by atoms with E-state index >= 15 is 0 Å². The normalized spacial score (nSPS) is 18.4. The molecule has 1 aromatic heterocycles. The van der Waals surface area contributed by atoms with E-state index < -0.39 is 12.2 Å². The third-order valence-electron chi connectivity index (χ3n) is 5.45. The van der Waals surface area contributed by atoms with Crippen LogP contribution in [0.5, 0.6) is 0 Å². The summed E-state index contributed by atoms with van der Waals surface area (Å²) in [6.07, 6.45) is 5.28. The van der Waals surface area contributed by atoms with Crippen LogP contribution in [0.15, 0.2) is 30.6 Å². The largest absolute Gasteiger partial charge is 0.452 e. The Hall–Kier alpha value is -3.03. The number of aromatic nitrogens is 2. The van der Waals surface area contributed by atoms with Gasteiger partial charge < -0.3 is 9.47 Å². The predicted octanol–water partition coefficient (Wildman–Crippen LogP) is 4.29. The van der Waals surface area contributed by atoms with E-state index in [1.807, 2.05) is 56.0 Å². The molecule has 8 nitrogen and oxygen atoms in total. The Morgan fingerprint density at radius 2 is 1.93 bits per heavy atom. The van der Waals surface area contributed by atoms with Crippen LogP contribution in [0.2, 0.25) is 0 Å². The Morgan fingerprint density at radius 3 is 2.60 bits per heavy atom. The first-order valence-electron chi connectivity index (χ1n) is 10.4. The number of carbonyl (C=O) groups is 2. The van der Waals surface area contributed by atoms with Gasteiger partial charge in [-0.2, -0.15) is 5.10 Å². The van der Waals surface area contributed by atoms with Gasteiger partial charge in [0, 0.05) is 18.3 Å². The number of rotatable bonds is 4. The van der Waals surface area contributed by atoms with E-state index in [1.165, 1.54) is 20.0 Å². The minimum Gasteiger partial charge on any atom is -0.452 e.